The van der Waals surface area contributed by atoms with Crippen molar-refractivity contribution >= 4 is 18.5 Å². The van der Waals surface area contributed by atoms with Crippen molar-refractivity contribution < 1.29 is 5.11 Å². The second-order valence-electron chi connectivity index (χ2n) is 3.61. The summed E-state index contributed by atoms with van der Waals surface area (Å²) in [6, 6.07) is 20.8. The molecule has 0 aliphatic rings. The number of aliphatic hydroxyl groups is 1. The molecule has 0 amide bonds. The van der Waals surface area contributed by atoms with E-state index in [1.54, 1.807) is 0 Å². The van der Waals surface area contributed by atoms with E-state index in [1.807, 2.05) is 18.2 Å². The normalized spacial score (nSPS) is 11.2. The van der Waals surface area contributed by atoms with Crippen LogP contribution in [-0.2, 0) is 0 Å². The molecule has 2 heteroatoms. The summed E-state index contributed by atoms with van der Waals surface area (Å²) in [6.07, 6.45) is 1.83. The molecule has 0 aliphatic heterocycles. The molecular formula is C15H15OP. The minimum absolute atomic E-state index is 0.0957. The van der Waals surface area contributed by atoms with Crippen molar-refractivity contribution in [2.75, 3.05) is 6.61 Å². The highest BCUT2D eigenvalue weighted by molar-refractivity contribution is 7.75. The molecule has 0 heterocycles. The molecule has 1 N–H and O–H groups in total. The molecule has 1 nitrogen and oxygen atoms in total. The Morgan fingerprint density at radius 2 is 1.29 bits per heavy atom. The predicted molar refractivity (Wildman–Crippen MR) is 75.3 cm³/mol. The first kappa shape index (κ1) is 12.0. The van der Waals surface area contributed by atoms with E-state index in [9.17, 15) is 0 Å². The molecule has 0 bridgehead atoms. The van der Waals surface area contributed by atoms with Gasteiger partial charge in [-0.05, 0) is 18.5 Å². The number of aliphatic hydroxyl groups excluding tert-OH is 1. The Morgan fingerprint density at radius 1 is 0.824 bits per heavy atom. The van der Waals surface area contributed by atoms with E-state index in [-0.39, 0.29) is 6.61 Å². The van der Waals surface area contributed by atoms with E-state index >= 15 is 0 Å². The van der Waals surface area contributed by atoms with Crippen molar-refractivity contribution in [3.63, 3.8) is 0 Å². The van der Waals surface area contributed by atoms with Gasteiger partial charge in [-0.3, -0.25) is 0 Å². The number of rotatable bonds is 4. The molecule has 0 aromatic heterocycles. The topological polar surface area (TPSA) is 20.2 Å². The van der Waals surface area contributed by atoms with Crippen LogP contribution in [0.15, 0.2) is 72.6 Å². The van der Waals surface area contributed by atoms with Gasteiger partial charge in [-0.25, -0.2) is 0 Å². The molecular weight excluding hydrogens is 227 g/mol. The molecule has 2 aromatic rings. The maximum atomic E-state index is 8.93. The van der Waals surface area contributed by atoms with Crippen LogP contribution in [0.5, 0.6) is 0 Å². The Hall–Kier alpha value is -1.43. The van der Waals surface area contributed by atoms with Crippen molar-refractivity contribution in [3.05, 3.63) is 72.6 Å². The van der Waals surface area contributed by atoms with Crippen LogP contribution >= 0.6 is 7.92 Å². The predicted octanol–water partition coefficient (Wildman–Crippen LogP) is 2.63. The third-order valence-corrected chi connectivity index (χ3v) is 4.65. The van der Waals surface area contributed by atoms with Crippen LogP contribution in [-0.4, -0.2) is 11.7 Å². The summed E-state index contributed by atoms with van der Waals surface area (Å²) in [6.45, 7) is 0.0957. The first-order chi connectivity index (χ1) is 8.42. The smallest absolute Gasteiger partial charge is 0.0616 e. The minimum atomic E-state index is -0.497. The van der Waals surface area contributed by atoms with E-state index < -0.39 is 7.92 Å². The summed E-state index contributed by atoms with van der Waals surface area (Å²) in [5.41, 5.74) is 0. The number of hydrogen-bond donors (Lipinski definition) is 1. The Bertz CT molecular complexity index is 425. The lowest BCUT2D eigenvalue weighted by Gasteiger charge is -2.14. The first-order valence-corrected chi connectivity index (χ1v) is 7.00. The van der Waals surface area contributed by atoms with Crippen molar-refractivity contribution in [3.8, 4) is 0 Å². The number of benzene rings is 2. The average Bonchev–Trinajstić information content (AvgIpc) is 2.42. The lowest BCUT2D eigenvalue weighted by molar-refractivity contribution is 0.343. The monoisotopic (exact) mass is 242 g/mol. The Balaban J connectivity index is 2.36. The highest BCUT2D eigenvalue weighted by atomic mass is 31.1. The van der Waals surface area contributed by atoms with Crippen LogP contribution < -0.4 is 10.6 Å². The van der Waals surface area contributed by atoms with Gasteiger partial charge in [-0.15, -0.1) is 0 Å². The largest absolute Gasteiger partial charge is 0.392 e. The van der Waals surface area contributed by atoms with E-state index in [0.29, 0.717) is 0 Å². The van der Waals surface area contributed by atoms with Crippen LogP contribution in [0.1, 0.15) is 0 Å². The molecule has 0 saturated carbocycles. The SMILES string of the molecule is OC/C=C/P(c1ccccc1)c1ccccc1. The van der Waals surface area contributed by atoms with Crippen molar-refractivity contribution in [1.29, 1.82) is 0 Å². The van der Waals surface area contributed by atoms with E-state index in [1.165, 1.54) is 10.6 Å². The molecule has 86 valence electrons. The van der Waals surface area contributed by atoms with Gasteiger partial charge in [0.2, 0.25) is 0 Å². The van der Waals surface area contributed by atoms with Gasteiger partial charge >= 0.3 is 0 Å². The van der Waals surface area contributed by atoms with Gasteiger partial charge < -0.3 is 5.11 Å². The van der Waals surface area contributed by atoms with Gasteiger partial charge in [-0.1, -0.05) is 72.6 Å². The van der Waals surface area contributed by atoms with E-state index in [4.69, 9.17) is 5.11 Å². The molecule has 0 fully saturated rings. The Kier molecular flexibility index (Phi) is 4.49. The maximum absolute atomic E-state index is 8.93. The fourth-order valence-corrected chi connectivity index (χ4v) is 3.59. The van der Waals surface area contributed by atoms with Crippen molar-refractivity contribution in [2.24, 2.45) is 0 Å². The molecule has 0 radical (unpaired) electrons. The highest BCUT2D eigenvalue weighted by Crippen LogP contribution is 2.34. The molecule has 2 aromatic carbocycles. The van der Waals surface area contributed by atoms with Gasteiger partial charge in [0.15, 0.2) is 0 Å². The van der Waals surface area contributed by atoms with Gasteiger partial charge in [-0.2, -0.15) is 0 Å². The molecule has 0 unspecified atom stereocenters. The standard InChI is InChI=1S/C15H15OP/c16-12-7-13-17(14-8-3-1-4-9-14)15-10-5-2-6-11-15/h1-11,13,16H,12H2/b13-7+. The van der Waals surface area contributed by atoms with Crippen LogP contribution in [0.3, 0.4) is 0 Å². The first-order valence-electron chi connectivity index (χ1n) is 5.58. The lowest BCUT2D eigenvalue weighted by atomic mass is 10.4. The maximum Gasteiger partial charge on any atom is 0.0616 e. The average molecular weight is 242 g/mol. The summed E-state index contributed by atoms with van der Waals surface area (Å²) in [5.74, 6) is 2.11. The summed E-state index contributed by atoms with van der Waals surface area (Å²) in [4.78, 5) is 0. The summed E-state index contributed by atoms with van der Waals surface area (Å²) < 4.78 is 0. The molecule has 0 saturated heterocycles. The van der Waals surface area contributed by atoms with Crippen LogP contribution in [0.2, 0.25) is 0 Å². The second kappa shape index (κ2) is 6.34. The van der Waals surface area contributed by atoms with Crippen LogP contribution in [0.25, 0.3) is 0 Å². The quantitative estimate of drug-likeness (QED) is 0.817. The fourth-order valence-electron chi connectivity index (χ4n) is 1.65. The van der Waals surface area contributed by atoms with Gasteiger partial charge in [0.1, 0.15) is 0 Å². The molecule has 0 aliphatic carbocycles. The second-order valence-corrected chi connectivity index (χ2v) is 5.68. The Labute approximate surface area is 103 Å². The molecule has 0 atom stereocenters. The van der Waals surface area contributed by atoms with Gasteiger partial charge in [0, 0.05) is 0 Å². The molecule has 0 spiro atoms. The third-order valence-electron chi connectivity index (χ3n) is 2.43. The zero-order chi connectivity index (χ0) is 11.9. The lowest BCUT2D eigenvalue weighted by Crippen LogP contribution is -2.09. The van der Waals surface area contributed by atoms with Crippen molar-refractivity contribution in [2.45, 2.75) is 0 Å². The highest BCUT2D eigenvalue weighted by Gasteiger charge is 2.08. The van der Waals surface area contributed by atoms with E-state index in [2.05, 4.69) is 54.3 Å². The fraction of sp³-hybridized carbons (Fsp3) is 0.0667. The third kappa shape index (κ3) is 3.26. The minimum Gasteiger partial charge on any atom is -0.392 e. The van der Waals surface area contributed by atoms with Crippen LogP contribution in [0, 0.1) is 0 Å². The summed E-state index contributed by atoms with van der Waals surface area (Å²) in [5, 5.41) is 11.5. The van der Waals surface area contributed by atoms with Crippen molar-refractivity contribution in [1.82, 2.24) is 0 Å². The van der Waals surface area contributed by atoms with Crippen LogP contribution in [0.4, 0.5) is 0 Å². The van der Waals surface area contributed by atoms with Gasteiger partial charge in [0.25, 0.3) is 0 Å². The summed E-state index contributed by atoms with van der Waals surface area (Å²) >= 11 is 0. The zero-order valence-electron chi connectivity index (χ0n) is 9.53. The van der Waals surface area contributed by atoms with E-state index in [0.717, 1.165) is 0 Å². The number of hydrogen-bond acceptors (Lipinski definition) is 1. The molecule has 17 heavy (non-hydrogen) atoms. The summed E-state index contributed by atoms with van der Waals surface area (Å²) in [7, 11) is -0.497. The Morgan fingerprint density at radius 3 is 1.71 bits per heavy atom. The zero-order valence-corrected chi connectivity index (χ0v) is 10.4. The van der Waals surface area contributed by atoms with Gasteiger partial charge in [0.05, 0.1) is 6.61 Å². The molecule has 2 rings (SSSR count).